The molecular weight excluding hydrogens is 137 g/mol. The van der Waals surface area contributed by atoms with Crippen LogP contribution in [0.2, 0.25) is 0 Å². The van der Waals surface area contributed by atoms with Crippen LogP contribution in [-0.4, -0.2) is 20.3 Å². The van der Waals surface area contributed by atoms with Crippen LogP contribution in [-0.2, 0) is 0 Å². The average molecular weight is 145 g/mol. The zero-order valence-electron chi connectivity index (χ0n) is 4.79. The van der Waals surface area contributed by atoms with Crippen LogP contribution in [0.1, 0.15) is 6.42 Å². The minimum absolute atomic E-state index is 1.38. The van der Waals surface area contributed by atoms with E-state index >= 15 is 0 Å². The molecule has 1 rings (SSSR count). The molecule has 1 heterocycles. The van der Waals surface area contributed by atoms with Gasteiger partial charge in [-0.2, -0.15) is 0 Å². The second kappa shape index (κ2) is 3.71. The van der Waals surface area contributed by atoms with Crippen LogP contribution in [0.4, 0.5) is 17.3 Å². The van der Waals surface area contributed by atoms with E-state index < -0.39 is 7.25 Å². The SMILES string of the molecule is C1C[NH2+]C1.F[B-](F)(F)F. The van der Waals surface area contributed by atoms with Gasteiger partial charge in [0.15, 0.2) is 0 Å². The molecule has 0 bridgehead atoms. The number of hydrogen-bond donors (Lipinski definition) is 1. The van der Waals surface area contributed by atoms with Gasteiger partial charge in [-0.1, -0.05) is 0 Å². The predicted molar refractivity (Wildman–Crippen MR) is 26.5 cm³/mol. The topological polar surface area (TPSA) is 16.6 Å². The van der Waals surface area contributed by atoms with Crippen molar-refractivity contribution in [1.29, 1.82) is 0 Å². The van der Waals surface area contributed by atoms with E-state index in [4.69, 9.17) is 0 Å². The summed E-state index contributed by atoms with van der Waals surface area (Å²) >= 11 is 0. The molecule has 56 valence electrons. The van der Waals surface area contributed by atoms with Gasteiger partial charge in [0.1, 0.15) is 0 Å². The first-order valence-electron chi connectivity index (χ1n) is 2.69. The third-order valence-electron chi connectivity index (χ3n) is 0.816. The van der Waals surface area contributed by atoms with Crippen molar-refractivity contribution in [2.24, 2.45) is 0 Å². The first-order valence-corrected chi connectivity index (χ1v) is 2.69. The van der Waals surface area contributed by atoms with Crippen LogP contribution in [0.5, 0.6) is 0 Å². The van der Waals surface area contributed by atoms with Crippen molar-refractivity contribution < 1.29 is 22.6 Å². The quantitative estimate of drug-likeness (QED) is 0.371. The highest BCUT2D eigenvalue weighted by atomic mass is 19.5. The van der Waals surface area contributed by atoms with Gasteiger partial charge in [0, 0.05) is 6.42 Å². The van der Waals surface area contributed by atoms with Crippen molar-refractivity contribution in [1.82, 2.24) is 0 Å². The Bertz CT molecular complexity index is 58.7. The minimum Gasteiger partial charge on any atom is -0.418 e. The van der Waals surface area contributed by atoms with E-state index in [2.05, 4.69) is 5.32 Å². The van der Waals surface area contributed by atoms with Gasteiger partial charge in [0.2, 0.25) is 0 Å². The van der Waals surface area contributed by atoms with Gasteiger partial charge in [-0.25, -0.2) is 0 Å². The Kier molecular flexibility index (Phi) is 3.61. The van der Waals surface area contributed by atoms with Crippen LogP contribution >= 0.6 is 0 Å². The van der Waals surface area contributed by atoms with Crippen LogP contribution in [0.25, 0.3) is 0 Å². The highest BCUT2D eigenvalue weighted by molar-refractivity contribution is 6.50. The fraction of sp³-hybridized carbons (Fsp3) is 1.00. The molecule has 1 nitrogen and oxygen atoms in total. The lowest BCUT2D eigenvalue weighted by molar-refractivity contribution is -0.705. The van der Waals surface area contributed by atoms with E-state index in [9.17, 15) is 17.3 Å². The number of quaternary nitrogens is 1. The van der Waals surface area contributed by atoms with Gasteiger partial charge in [-0.05, 0) is 0 Å². The maximum absolute atomic E-state index is 9.75. The maximum Gasteiger partial charge on any atom is 0.673 e. The second-order valence-electron chi connectivity index (χ2n) is 1.71. The Morgan fingerprint density at radius 3 is 1.11 bits per heavy atom. The highest BCUT2D eigenvalue weighted by Crippen LogP contribution is 2.06. The lowest BCUT2D eigenvalue weighted by atomic mass is 10.3. The van der Waals surface area contributed by atoms with Gasteiger partial charge in [-0.15, -0.1) is 0 Å². The number of rotatable bonds is 0. The van der Waals surface area contributed by atoms with E-state index in [1.54, 1.807) is 0 Å². The Balaban J connectivity index is 0.000000144. The summed E-state index contributed by atoms with van der Waals surface area (Å²) in [6.07, 6.45) is 1.44. The van der Waals surface area contributed by atoms with Crippen LogP contribution < -0.4 is 5.32 Å². The molecule has 1 fully saturated rings. The molecule has 0 atom stereocenters. The van der Waals surface area contributed by atoms with Crippen molar-refractivity contribution in [3.8, 4) is 0 Å². The lowest BCUT2D eigenvalue weighted by Gasteiger charge is -2.05. The largest absolute Gasteiger partial charge is 0.673 e. The van der Waals surface area contributed by atoms with Crippen LogP contribution in [0.3, 0.4) is 0 Å². The minimum atomic E-state index is -6.00. The van der Waals surface area contributed by atoms with Crippen molar-refractivity contribution in [2.45, 2.75) is 6.42 Å². The first kappa shape index (κ1) is 8.74. The Labute approximate surface area is 50.5 Å². The predicted octanol–water partition coefficient (Wildman–Crippen LogP) is 0.254. The fourth-order valence-electron chi connectivity index (χ4n) is 0.204. The Hall–Kier alpha value is -0.255. The molecule has 0 saturated carbocycles. The summed E-state index contributed by atoms with van der Waals surface area (Å²) in [6, 6.07) is 0. The molecule has 6 heteroatoms. The summed E-state index contributed by atoms with van der Waals surface area (Å²) < 4.78 is 39.0. The standard InChI is InChI=1S/C3H7N.BF4/c1-2-4-3-1;2-1(3,4)5/h4H,1-3H2;/q;-1/p+1. The summed E-state index contributed by atoms with van der Waals surface area (Å²) in [4.78, 5) is 0. The normalized spacial score (nSPS) is 17.3. The molecular formula is C3H8BF4N. The smallest absolute Gasteiger partial charge is 0.418 e. The van der Waals surface area contributed by atoms with Crippen molar-refractivity contribution in [3.63, 3.8) is 0 Å². The fourth-order valence-corrected chi connectivity index (χ4v) is 0.204. The molecule has 0 aliphatic carbocycles. The van der Waals surface area contributed by atoms with Gasteiger partial charge < -0.3 is 22.6 Å². The van der Waals surface area contributed by atoms with Crippen molar-refractivity contribution in [2.75, 3.05) is 13.1 Å². The summed E-state index contributed by atoms with van der Waals surface area (Å²) in [6.45, 7) is 2.75. The molecule has 0 aromatic heterocycles. The molecule has 0 aromatic carbocycles. The van der Waals surface area contributed by atoms with Crippen LogP contribution in [0.15, 0.2) is 0 Å². The van der Waals surface area contributed by atoms with Crippen LogP contribution in [0, 0.1) is 0 Å². The molecule has 1 saturated heterocycles. The zero-order valence-corrected chi connectivity index (χ0v) is 4.79. The molecule has 0 amide bonds. The first-order chi connectivity index (χ1) is 4.00. The Morgan fingerprint density at radius 1 is 1.00 bits per heavy atom. The summed E-state index contributed by atoms with van der Waals surface area (Å²) in [5.41, 5.74) is 0. The third kappa shape index (κ3) is 18.2. The molecule has 9 heavy (non-hydrogen) atoms. The number of halogens is 4. The maximum atomic E-state index is 9.75. The van der Waals surface area contributed by atoms with Gasteiger partial charge in [0.25, 0.3) is 0 Å². The highest BCUT2D eigenvalue weighted by Gasteiger charge is 2.20. The van der Waals surface area contributed by atoms with Gasteiger partial charge in [0.05, 0.1) is 13.1 Å². The molecule has 0 radical (unpaired) electrons. The molecule has 2 N–H and O–H groups in total. The van der Waals surface area contributed by atoms with Crippen molar-refractivity contribution in [3.05, 3.63) is 0 Å². The lowest BCUT2D eigenvalue weighted by Crippen LogP contribution is -2.92. The van der Waals surface area contributed by atoms with E-state index in [0.717, 1.165) is 0 Å². The summed E-state index contributed by atoms with van der Waals surface area (Å²) in [5, 5.41) is 2.31. The van der Waals surface area contributed by atoms with Gasteiger partial charge in [-0.3, -0.25) is 0 Å². The van der Waals surface area contributed by atoms with Crippen molar-refractivity contribution >= 4 is 7.25 Å². The second-order valence-corrected chi connectivity index (χ2v) is 1.71. The molecule has 1 aliphatic heterocycles. The van der Waals surface area contributed by atoms with E-state index in [-0.39, 0.29) is 0 Å². The number of hydrogen-bond acceptors (Lipinski definition) is 0. The Morgan fingerprint density at radius 2 is 1.11 bits per heavy atom. The zero-order chi connectivity index (χ0) is 7.33. The van der Waals surface area contributed by atoms with E-state index in [0.29, 0.717) is 0 Å². The van der Waals surface area contributed by atoms with E-state index in [1.807, 2.05) is 0 Å². The molecule has 0 spiro atoms. The average Bonchev–Trinajstić information content (AvgIpc) is 1.12. The summed E-state index contributed by atoms with van der Waals surface area (Å²) in [5.74, 6) is 0. The molecule has 0 unspecified atom stereocenters. The molecule has 0 aromatic rings. The van der Waals surface area contributed by atoms with Gasteiger partial charge >= 0.3 is 7.25 Å². The van der Waals surface area contributed by atoms with E-state index in [1.165, 1.54) is 19.5 Å². The monoisotopic (exact) mass is 145 g/mol. The summed E-state index contributed by atoms with van der Waals surface area (Å²) in [7, 11) is -6.00. The molecule has 1 aliphatic rings. The third-order valence-corrected chi connectivity index (χ3v) is 0.816. The number of nitrogens with two attached hydrogens (primary N) is 1.